The van der Waals surface area contributed by atoms with E-state index < -0.39 is 11.7 Å². The summed E-state index contributed by atoms with van der Waals surface area (Å²) in [7, 11) is 0. The smallest absolute Gasteiger partial charge is 0.294 e. The highest BCUT2D eigenvalue weighted by atomic mass is 35.5. The van der Waals surface area contributed by atoms with E-state index in [1.807, 2.05) is 0 Å². The molecule has 0 aliphatic carbocycles. The Balaban J connectivity index is 2.12. The molecule has 0 radical (unpaired) electrons. The third kappa shape index (κ3) is 3.57. The van der Waals surface area contributed by atoms with Gasteiger partial charge in [-0.3, -0.25) is 9.78 Å². The largest absolute Gasteiger partial charge is 0.417 e. The summed E-state index contributed by atoms with van der Waals surface area (Å²) in [5.74, 6) is -0.250. The van der Waals surface area contributed by atoms with Crippen LogP contribution in [0, 0.1) is 0 Å². The maximum atomic E-state index is 12.4. The molecule has 2 aromatic rings. The summed E-state index contributed by atoms with van der Waals surface area (Å²) in [6.45, 7) is 0. The molecule has 0 N–H and O–H groups in total. The molecule has 0 bridgehead atoms. The number of alkyl halides is 3. The molecule has 0 spiro atoms. The van der Waals surface area contributed by atoms with Crippen molar-refractivity contribution >= 4 is 17.4 Å². The van der Waals surface area contributed by atoms with Crippen LogP contribution in [0.5, 0.6) is 0 Å². The van der Waals surface area contributed by atoms with Crippen LogP contribution in [0.1, 0.15) is 21.6 Å². The lowest BCUT2D eigenvalue weighted by molar-refractivity contribution is -0.137. The van der Waals surface area contributed by atoms with E-state index in [-0.39, 0.29) is 17.9 Å². The van der Waals surface area contributed by atoms with Crippen LogP contribution in [-0.2, 0) is 12.6 Å². The average molecular weight is 300 g/mol. The van der Waals surface area contributed by atoms with E-state index >= 15 is 0 Å². The van der Waals surface area contributed by atoms with Crippen LogP contribution in [0.2, 0.25) is 5.02 Å². The van der Waals surface area contributed by atoms with Gasteiger partial charge in [-0.25, -0.2) is 0 Å². The Morgan fingerprint density at radius 2 is 1.95 bits per heavy atom. The Morgan fingerprint density at radius 3 is 2.50 bits per heavy atom. The van der Waals surface area contributed by atoms with Gasteiger partial charge in [0.2, 0.25) is 0 Å². The van der Waals surface area contributed by atoms with Crippen LogP contribution in [0.15, 0.2) is 42.6 Å². The summed E-state index contributed by atoms with van der Waals surface area (Å²) in [6, 6.07) is 8.48. The zero-order valence-corrected chi connectivity index (χ0v) is 10.9. The van der Waals surface area contributed by atoms with Crippen LogP contribution in [0.4, 0.5) is 13.2 Å². The minimum Gasteiger partial charge on any atom is -0.294 e. The molecule has 0 unspecified atom stereocenters. The molecule has 1 heterocycles. The SMILES string of the molecule is O=C(Cc1ccc(C(F)(F)F)cn1)c1cccc(Cl)c1. The minimum absolute atomic E-state index is 0.0710. The number of benzene rings is 1. The first-order valence-electron chi connectivity index (χ1n) is 5.67. The summed E-state index contributed by atoms with van der Waals surface area (Å²) in [4.78, 5) is 15.6. The van der Waals surface area contributed by atoms with Crippen molar-refractivity contribution in [3.8, 4) is 0 Å². The van der Waals surface area contributed by atoms with Gasteiger partial charge < -0.3 is 0 Å². The van der Waals surface area contributed by atoms with Crippen molar-refractivity contribution in [1.29, 1.82) is 0 Å². The standard InChI is InChI=1S/C14H9ClF3NO/c15-11-3-1-2-9(6-11)13(20)7-12-5-4-10(8-19-12)14(16,17)18/h1-6,8H,7H2. The van der Waals surface area contributed by atoms with Gasteiger partial charge in [0.15, 0.2) is 5.78 Å². The molecule has 1 aromatic carbocycles. The summed E-state index contributed by atoms with van der Waals surface area (Å²) >= 11 is 5.77. The van der Waals surface area contributed by atoms with Gasteiger partial charge in [-0.15, -0.1) is 0 Å². The molecule has 0 aliphatic heterocycles. The number of ketones is 1. The summed E-state index contributed by atoms with van der Waals surface area (Å²) in [6.07, 6.45) is -3.78. The monoisotopic (exact) mass is 299 g/mol. The molecule has 104 valence electrons. The molecule has 0 atom stereocenters. The van der Waals surface area contributed by atoms with E-state index in [9.17, 15) is 18.0 Å². The molecule has 0 saturated carbocycles. The first-order valence-corrected chi connectivity index (χ1v) is 6.05. The Bertz CT molecular complexity index is 623. The number of pyridine rings is 1. The Labute approximate surface area is 118 Å². The van der Waals surface area contributed by atoms with Crippen LogP contribution in [-0.4, -0.2) is 10.8 Å². The van der Waals surface area contributed by atoms with Crippen LogP contribution < -0.4 is 0 Å². The third-order valence-electron chi connectivity index (χ3n) is 2.64. The fraction of sp³-hybridized carbons (Fsp3) is 0.143. The van der Waals surface area contributed by atoms with Crippen LogP contribution >= 0.6 is 11.6 Å². The van der Waals surface area contributed by atoms with Crippen LogP contribution in [0.25, 0.3) is 0 Å². The second-order valence-electron chi connectivity index (χ2n) is 4.15. The highest BCUT2D eigenvalue weighted by Crippen LogP contribution is 2.28. The van der Waals surface area contributed by atoms with Crippen molar-refractivity contribution in [2.24, 2.45) is 0 Å². The number of carbonyl (C=O) groups excluding carboxylic acids is 1. The Hall–Kier alpha value is -1.88. The maximum absolute atomic E-state index is 12.4. The van der Waals surface area contributed by atoms with E-state index in [0.29, 0.717) is 10.6 Å². The molecule has 2 nitrogen and oxygen atoms in total. The number of carbonyl (C=O) groups is 1. The first kappa shape index (κ1) is 14.5. The molecular formula is C14H9ClF3NO. The minimum atomic E-state index is -4.43. The first-order chi connectivity index (χ1) is 9.36. The third-order valence-corrected chi connectivity index (χ3v) is 2.88. The van der Waals surface area contributed by atoms with E-state index in [0.717, 1.165) is 12.3 Å². The van der Waals surface area contributed by atoms with E-state index in [2.05, 4.69) is 4.98 Å². The lowest BCUT2D eigenvalue weighted by atomic mass is 10.1. The maximum Gasteiger partial charge on any atom is 0.417 e. The van der Waals surface area contributed by atoms with Gasteiger partial charge in [-0.05, 0) is 24.3 Å². The molecule has 20 heavy (non-hydrogen) atoms. The molecule has 0 saturated heterocycles. The van der Waals surface area contributed by atoms with E-state index in [1.54, 1.807) is 18.2 Å². The van der Waals surface area contributed by atoms with Gasteiger partial charge >= 0.3 is 6.18 Å². The molecule has 0 aliphatic rings. The molecule has 1 aromatic heterocycles. The average Bonchev–Trinajstić information content (AvgIpc) is 2.38. The van der Waals surface area contributed by atoms with Crippen molar-refractivity contribution in [3.05, 3.63) is 64.4 Å². The lowest BCUT2D eigenvalue weighted by Gasteiger charge is -2.06. The van der Waals surface area contributed by atoms with Crippen molar-refractivity contribution in [2.45, 2.75) is 12.6 Å². The van der Waals surface area contributed by atoms with Gasteiger partial charge in [-0.1, -0.05) is 23.7 Å². The zero-order chi connectivity index (χ0) is 14.8. The zero-order valence-electron chi connectivity index (χ0n) is 10.1. The van der Waals surface area contributed by atoms with Crippen molar-refractivity contribution < 1.29 is 18.0 Å². The predicted octanol–water partition coefficient (Wildman–Crippen LogP) is 4.18. The quantitative estimate of drug-likeness (QED) is 0.796. The molecule has 0 fully saturated rings. The highest BCUT2D eigenvalue weighted by molar-refractivity contribution is 6.31. The lowest BCUT2D eigenvalue weighted by Crippen LogP contribution is -2.08. The second kappa shape index (κ2) is 5.63. The fourth-order valence-corrected chi connectivity index (χ4v) is 1.82. The summed E-state index contributed by atoms with van der Waals surface area (Å²) < 4.78 is 37.1. The van der Waals surface area contributed by atoms with Crippen LogP contribution in [0.3, 0.4) is 0 Å². The topological polar surface area (TPSA) is 30.0 Å². The molecule has 6 heteroatoms. The second-order valence-corrected chi connectivity index (χ2v) is 4.58. The molecule has 0 amide bonds. The van der Waals surface area contributed by atoms with E-state index in [4.69, 9.17) is 11.6 Å². The number of halogens is 4. The van der Waals surface area contributed by atoms with Crippen molar-refractivity contribution in [2.75, 3.05) is 0 Å². The van der Waals surface area contributed by atoms with E-state index in [1.165, 1.54) is 12.1 Å². The molecule has 2 rings (SSSR count). The number of hydrogen-bond acceptors (Lipinski definition) is 2. The number of hydrogen-bond donors (Lipinski definition) is 0. The van der Waals surface area contributed by atoms with Gasteiger partial charge in [0.05, 0.1) is 12.0 Å². The number of aromatic nitrogens is 1. The Kier molecular flexibility index (Phi) is 4.09. The summed E-state index contributed by atoms with van der Waals surface area (Å²) in [5, 5.41) is 0.427. The van der Waals surface area contributed by atoms with Crippen molar-refractivity contribution in [3.63, 3.8) is 0 Å². The fourth-order valence-electron chi connectivity index (χ4n) is 1.63. The summed E-state index contributed by atoms with van der Waals surface area (Å²) in [5.41, 5.74) is -0.154. The number of nitrogens with zero attached hydrogens (tertiary/aromatic N) is 1. The van der Waals surface area contributed by atoms with Crippen molar-refractivity contribution in [1.82, 2.24) is 4.98 Å². The van der Waals surface area contributed by atoms with Gasteiger partial charge in [0, 0.05) is 22.5 Å². The predicted molar refractivity (Wildman–Crippen MR) is 68.7 cm³/mol. The molecular weight excluding hydrogens is 291 g/mol. The highest BCUT2D eigenvalue weighted by Gasteiger charge is 2.30. The van der Waals surface area contributed by atoms with Gasteiger partial charge in [-0.2, -0.15) is 13.2 Å². The number of Topliss-reactive ketones (excluding diaryl/α,β-unsaturated/α-hetero) is 1. The number of rotatable bonds is 3. The van der Waals surface area contributed by atoms with Gasteiger partial charge in [0.1, 0.15) is 0 Å². The Morgan fingerprint density at radius 1 is 1.20 bits per heavy atom. The van der Waals surface area contributed by atoms with Gasteiger partial charge in [0.25, 0.3) is 0 Å². The normalized spacial score (nSPS) is 11.4.